The molecule has 0 amide bonds. The third-order valence-electron chi connectivity index (χ3n) is 5.14. The zero-order valence-corrected chi connectivity index (χ0v) is 16.7. The van der Waals surface area contributed by atoms with E-state index < -0.39 is 24.1 Å². The van der Waals surface area contributed by atoms with Crippen molar-refractivity contribution in [1.82, 2.24) is 0 Å². The van der Waals surface area contributed by atoms with Gasteiger partial charge in [0.25, 0.3) is 0 Å². The zero-order chi connectivity index (χ0) is 19.8. The van der Waals surface area contributed by atoms with Gasteiger partial charge in [0.2, 0.25) is 0 Å². The number of hydrogen-bond acceptors (Lipinski definition) is 5. The summed E-state index contributed by atoms with van der Waals surface area (Å²) in [7, 11) is 3.21. The van der Waals surface area contributed by atoms with E-state index in [1.54, 1.807) is 12.1 Å². The molecule has 0 aromatic heterocycles. The average molecular weight is 369 g/mol. The summed E-state index contributed by atoms with van der Waals surface area (Å²) in [6, 6.07) is 12.3. The van der Waals surface area contributed by atoms with Crippen LogP contribution in [-0.2, 0) is 9.31 Å². The van der Waals surface area contributed by atoms with Crippen LogP contribution >= 0.6 is 0 Å². The molecule has 2 aromatic carbocycles. The lowest BCUT2D eigenvalue weighted by atomic mass is 9.78. The van der Waals surface area contributed by atoms with Gasteiger partial charge in [-0.05, 0) is 58.0 Å². The van der Waals surface area contributed by atoms with Crippen molar-refractivity contribution in [3.05, 3.63) is 48.3 Å². The van der Waals surface area contributed by atoms with Gasteiger partial charge in [-0.25, -0.2) is 4.39 Å². The first-order valence-electron chi connectivity index (χ1n) is 8.93. The van der Waals surface area contributed by atoms with Gasteiger partial charge in [-0.3, -0.25) is 0 Å². The average Bonchev–Trinajstić information content (AvgIpc) is 2.81. The minimum absolute atomic E-state index is 0.364. The Kier molecular flexibility index (Phi) is 5.10. The molecule has 142 valence electrons. The summed E-state index contributed by atoms with van der Waals surface area (Å²) in [6.07, 6.45) is 0. The number of azo groups is 1. The Morgan fingerprint density at radius 1 is 0.852 bits per heavy atom. The summed E-state index contributed by atoms with van der Waals surface area (Å²) in [6.45, 7) is 7.76. The Hall–Kier alpha value is -2.25. The van der Waals surface area contributed by atoms with Gasteiger partial charge in [0.15, 0.2) is 0 Å². The standard InChI is InChI=1S/C20H25BFN3O2/c1-19(2)20(3,4)27-21(26-19)17-12-9-15(13-18(17)22)24-23-14-7-10-16(11-8-14)25(5)6/h7-13H,1-6H3. The van der Waals surface area contributed by atoms with Crippen molar-refractivity contribution in [2.75, 3.05) is 19.0 Å². The van der Waals surface area contributed by atoms with E-state index >= 15 is 0 Å². The first-order valence-corrected chi connectivity index (χ1v) is 8.93. The Labute approximate surface area is 160 Å². The first kappa shape index (κ1) is 19.5. The fraction of sp³-hybridized carbons (Fsp3) is 0.400. The van der Waals surface area contributed by atoms with Crippen LogP contribution in [0, 0.1) is 5.82 Å². The van der Waals surface area contributed by atoms with Crippen LogP contribution in [0.2, 0.25) is 0 Å². The Balaban J connectivity index is 1.75. The van der Waals surface area contributed by atoms with E-state index in [0.717, 1.165) is 5.69 Å². The minimum Gasteiger partial charge on any atom is -0.399 e. The van der Waals surface area contributed by atoms with Gasteiger partial charge in [0, 0.05) is 31.3 Å². The van der Waals surface area contributed by atoms with Crippen molar-refractivity contribution in [2.45, 2.75) is 38.9 Å². The Morgan fingerprint density at radius 2 is 1.37 bits per heavy atom. The third-order valence-corrected chi connectivity index (χ3v) is 5.14. The molecule has 5 nitrogen and oxygen atoms in total. The van der Waals surface area contributed by atoms with Crippen molar-refractivity contribution in [3.63, 3.8) is 0 Å². The van der Waals surface area contributed by atoms with Gasteiger partial charge in [-0.15, -0.1) is 0 Å². The highest BCUT2D eigenvalue weighted by Gasteiger charge is 2.52. The molecule has 27 heavy (non-hydrogen) atoms. The molecule has 0 aliphatic carbocycles. The molecule has 0 N–H and O–H groups in total. The zero-order valence-electron chi connectivity index (χ0n) is 16.7. The summed E-state index contributed by atoms with van der Waals surface area (Å²) in [4.78, 5) is 2.00. The number of halogens is 1. The van der Waals surface area contributed by atoms with Crippen LogP contribution in [0.25, 0.3) is 0 Å². The van der Waals surface area contributed by atoms with Gasteiger partial charge >= 0.3 is 7.12 Å². The fourth-order valence-electron chi connectivity index (χ4n) is 2.67. The van der Waals surface area contributed by atoms with Crippen LogP contribution in [0.15, 0.2) is 52.7 Å². The van der Waals surface area contributed by atoms with Crippen LogP contribution in [0.3, 0.4) is 0 Å². The second-order valence-corrected chi connectivity index (χ2v) is 7.90. The van der Waals surface area contributed by atoms with Crippen LogP contribution < -0.4 is 10.4 Å². The molecule has 0 radical (unpaired) electrons. The number of nitrogens with zero attached hydrogens (tertiary/aromatic N) is 3. The second kappa shape index (κ2) is 7.05. The molecule has 7 heteroatoms. The van der Waals surface area contributed by atoms with Crippen molar-refractivity contribution in [3.8, 4) is 0 Å². The number of hydrogen-bond donors (Lipinski definition) is 0. The van der Waals surface area contributed by atoms with Crippen LogP contribution in [0.5, 0.6) is 0 Å². The maximum absolute atomic E-state index is 14.6. The van der Waals surface area contributed by atoms with Gasteiger partial charge in [-0.1, -0.05) is 6.07 Å². The van der Waals surface area contributed by atoms with Gasteiger partial charge < -0.3 is 14.2 Å². The van der Waals surface area contributed by atoms with E-state index in [2.05, 4.69) is 10.2 Å². The molecule has 3 rings (SSSR count). The Morgan fingerprint density at radius 3 is 1.89 bits per heavy atom. The van der Waals surface area contributed by atoms with Gasteiger partial charge in [0.05, 0.1) is 22.6 Å². The number of benzene rings is 2. The fourth-order valence-corrected chi connectivity index (χ4v) is 2.67. The van der Waals surface area contributed by atoms with Crippen molar-refractivity contribution < 1.29 is 13.7 Å². The highest BCUT2D eigenvalue weighted by atomic mass is 19.1. The van der Waals surface area contributed by atoms with Crippen molar-refractivity contribution in [1.29, 1.82) is 0 Å². The van der Waals surface area contributed by atoms with Crippen molar-refractivity contribution >= 4 is 29.6 Å². The largest absolute Gasteiger partial charge is 0.497 e. The highest BCUT2D eigenvalue weighted by molar-refractivity contribution is 6.62. The molecule has 0 bridgehead atoms. The molecule has 0 atom stereocenters. The van der Waals surface area contributed by atoms with E-state index in [1.807, 2.05) is 71.0 Å². The summed E-state index contributed by atoms with van der Waals surface area (Å²) < 4.78 is 26.4. The maximum atomic E-state index is 14.6. The van der Waals surface area contributed by atoms with Crippen LogP contribution in [-0.4, -0.2) is 32.4 Å². The molecule has 1 saturated heterocycles. The van der Waals surface area contributed by atoms with E-state index in [4.69, 9.17) is 9.31 Å². The van der Waals surface area contributed by atoms with E-state index in [1.165, 1.54) is 6.07 Å². The Bertz CT molecular complexity index is 835. The summed E-state index contributed by atoms with van der Waals surface area (Å²) >= 11 is 0. The summed E-state index contributed by atoms with van der Waals surface area (Å²) in [5, 5.41) is 8.30. The smallest absolute Gasteiger partial charge is 0.399 e. The molecule has 0 spiro atoms. The quantitative estimate of drug-likeness (QED) is 0.584. The summed E-state index contributed by atoms with van der Waals surface area (Å²) in [5.74, 6) is -0.423. The molecule has 1 aliphatic heterocycles. The lowest BCUT2D eigenvalue weighted by molar-refractivity contribution is 0.00578. The van der Waals surface area contributed by atoms with E-state index in [0.29, 0.717) is 16.8 Å². The number of anilines is 1. The molecular weight excluding hydrogens is 344 g/mol. The number of rotatable bonds is 4. The first-order chi connectivity index (χ1) is 12.6. The predicted octanol–water partition coefficient (Wildman–Crippen LogP) is 4.61. The van der Waals surface area contributed by atoms with Crippen molar-refractivity contribution in [2.24, 2.45) is 10.2 Å². The molecule has 1 aliphatic rings. The molecule has 1 fully saturated rings. The van der Waals surface area contributed by atoms with Crippen LogP contribution in [0.4, 0.5) is 21.5 Å². The molecule has 0 saturated carbocycles. The SMILES string of the molecule is CN(C)c1ccc(N=Nc2ccc(B3OC(C)(C)C(C)(C)O3)c(F)c2)cc1. The maximum Gasteiger partial charge on any atom is 0.497 e. The van der Waals surface area contributed by atoms with Gasteiger partial charge in [-0.2, -0.15) is 10.2 Å². The molecular formula is C20H25BFN3O2. The predicted molar refractivity (Wildman–Crippen MR) is 107 cm³/mol. The molecule has 0 unspecified atom stereocenters. The minimum atomic E-state index is -0.737. The monoisotopic (exact) mass is 369 g/mol. The third kappa shape index (κ3) is 4.04. The van der Waals surface area contributed by atoms with Gasteiger partial charge in [0.1, 0.15) is 5.82 Å². The topological polar surface area (TPSA) is 46.4 Å². The lowest BCUT2D eigenvalue weighted by Gasteiger charge is -2.32. The summed E-state index contributed by atoms with van der Waals surface area (Å²) in [5.41, 5.74) is 1.55. The highest BCUT2D eigenvalue weighted by Crippen LogP contribution is 2.36. The molecule has 2 aromatic rings. The van der Waals surface area contributed by atoms with E-state index in [9.17, 15) is 4.39 Å². The normalized spacial score (nSPS) is 18.3. The van der Waals surface area contributed by atoms with E-state index in [-0.39, 0.29) is 0 Å². The van der Waals surface area contributed by atoms with Crippen LogP contribution in [0.1, 0.15) is 27.7 Å². The second-order valence-electron chi connectivity index (χ2n) is 7.90. The lowest BCUT2D eigenvalue weighted by Crippen LogP contribution is -2.41. The molecule has 1 heterocycles.